The molecular weight excluding hydrogens is 411 g/mol. The number of nitrogens with zero attached hydrogens (tertiary/aromatic N) is 1. The molecule has 0 fully saturated rings. The zero-order valence-corrected chi connectivity index (χ0v) is 17.5. The van der Waals surface area contributed by atoms with Crippen molar-refractivity contribution in [2.75, 3.05) is 33.2 Å². The first-order valence-corrected chi connectivity index (χ1v) is 9.42. The third kappa shape index (κ3) is 7.28. The van der Waals surface area contributed by atoms with Gasteiger partial charge in [0.1, 0.15) is 22.9 Å². The van der Waals surface area contributed by atoms with Gasteiger partial charge in [-0.3, -0.25) is 10.1 Å². The molecule has 0 saturated heterocycles. The van der Waals surface area contributed by atoms with E-state index in [9.17, 15) is 14.7 Å². The molecule has 0 radical (unpaired) electrons. The highest BCUT2D eigenvalue weighted by atomic mass is 35.5. The summed E-state index contributed by atoms with van der Waals surface area (Å²) in [6.45, 7) is 2.43. The molecule has 11 heteroatoms. The van der Waals surface area contributed by atoms with E-state index < -0.39 is 13.2 Å². The minimum atomic E-state index is -1.83. The fourth-order valence-electron chi connectivity index (χ4n) is 1.99. The van der Waals surface area contributed by atoms with Crippen LogP contribution < -0.4 is 14.8 Å². The van der Waals surface area contributed by atoms with E-state index in [4.69, 9.17) is 21.1 Å². The maximum absolute atomic E-state index is 11.0. The van der Waals surface area contributed by atoms with Gasteiger partial charge in [0.05, 0.1) is 31.3 Å². The highest BCUT2D eigenvalue weighted by molar-refractivity contribution is 7.33. The topological polar surface area (TPSA) is 109 Å². The van der Waals surface area contributed by atoms with Gasteiger partial charge in [0.15, 0.2) is 0 Å². The van der Waals surface area contributed by atoms with Gasteiger partial charge in [0, 0.05) is 29.3 Å². The number of methoxy groups -OCH3 is 1. The largest absolute Gasteiger partial charge is 0.696 e. The number of nitro benzene ring substituents is 1. The van der Waals surface area contributed by atoms with Gasteiger partial charge in [-0.15, -0.1) is 9.05 Å². The quantitative estimate of drug-likeness (QED) is 0.335. The Hall–Kier alpha value is -2.45. The normalized spacial score (nSPS) is 9.75. The third-order valence-electron chi connectivity index (χ3n) is 3.19. The van der Waals surface area contributed by atoms with Crippen molar-refractivity contribution in [2.45, 2.75) is 6.92 Å². The molecule has 0 aliphatic heterocycles. The van der Waals surface area contributed by atoms with Gasteiger partial charge < -0.3 is 14.8 Å². The van der Waals surface area contributed by atoms with Gasteiger partial charge in [-0.05, 0) is 25.1 Å². The van der Waals surface area contributed by atoms with Crippen molar-refractivity contribution < 1.29 is 28.0 Å². The number of nitro groups is 1. The average molecular weight is 432 g/mol. The van der Waals surface area contributed by atoms with Crippen LogP contribution in [0.4, 0.5) is 11.4 Å². The molecule has 0 aliphatic carbocycles. The molecule has 0 atom stereocenters. The van der Waals surface area contributed by atoms with E-state index in [2.05, 4.69) is 14.4 Å². The summed E-state index contributed by atoms with van der Waals surface area (Å²) in [7, 11) is 2.35. The molecule has 152 valence electrons. The lowest BCUT2D eigenvalue weighted by molar-refractivity contribution is -0.384. The van der Waals surface area contributed by atoms with E-state index in [1.54, 1.807) is 24.3 Å². The summed E-state index contributed by atoms with van der Waals surface area (Å²) in [5, 5.41) is 14.3. The first-order chi connectivity index (χ1) is 13.4. The predicted molar refractivity (Wildman–Crippen MR) is 107 cm³/mol. The Balaban J connectivity index is 0.000000568. The number of halogens is 1. The zero-order chi connectivity index (χ0) is 21.1. The summed E-state index contributed by atoms with van der Waals surface area (Å²) in [6, 6.07) is 9.54. The highest BCUT2D eigenvalue weighted by Gasteiger charge is 2.14. The maximum atomic E-state index is 11.0. The Morgan fingerprint density at radius 3 is 2.18 bits per heavy atom. The van der Waals surface area contributed by atoms with Crippen LogP contribution in [0.25, 0.3) is 0 Å². The fraction of sp³-hybridized carbons (Fsp3) is 0.294. The van der Waals surface area contributed by atoms with Gasteiger partial charge in [-0.25, -0.2) is 0 Å². The van der Waals surface area contributed by atoms with E-state index in [-0.39, 0.29) is 5.69 Å². The lowest BCUT2D eigenvalue weighted by Crippen LogP contribution is -2.01. The highest BCUT2D eigenvalue weighted by Crippen LogP contribution is 2.34. The molecule has 28 heavy (non-hydrogen) atoms. The summed E-state index contributed by atoms with van der Waals surface area (Å²) in [5.74, 6) is 1.54. The van der Waals surface area contributed by atoms with Gasteiger partial charge in [0.2, 0.25) is 0 Å². The SMILES string of the molecule is CCNc1cc(Oc2ccc(OC)c(Cl)c2)ccc1[N+](=O)[O-].CO[P+](=O)OC. The van der Waals surface area contributed by atoms with Gasteiger partial charge >= 0.3 is 8.25 Å². The smallest absolute Gasteiger partial charge is 0.495 e. The van der Waals surface area contributed by atoms with Crippen molar-refractivity contribution in [3.05, 3.63) is 51.5 Å². The Morgan fingerprint density at radius 1 is 1.11 bits per heavy atom. The van der Waals surface area contributed by atoms with Gasteiger partial charge in [0.25, 0.3) is 5.69 Å². The molecule has 0 heterocycles. The van der Waals surface area contributed by atoms with E-state index in [1.165, 1.54) is 33.5 Å². The Bertz CT molecular complexity index is 814. The molecule has 1 N–H and O–H groups in total. The van der Waals surface area contributed by atoms with Crippen LogP contribution in [0.3, 0.4) is 0 Å². The molecule has 0 aliphatic rings. The van der Waals surface area contributed by atoms with E-state index in [1.807, 2.05) is 6.92 Å². The molecule has 0 spiro atoms. The van der Waals surface area contributed by atoms with Crippen LogP contribution in [0.1, 0.15) is 6.92 Å². The minimum absolute atomic E-state index is 0.00182. The van der Waals surface area contributed by atoms with Crippen LogP contribution >= 0.6 is 19.9 Å². The van der Waals surface area contributed by atoms with Crippen LogP contribution in [-0.4, -0.2) is 32.8 Å². The van der Waals surface area contributed by atoms with Crippen molar-refractivity contribution in [2.24, 2.45) is 0 Å². The second kappa shape index (κ2) is 12.1. The molecule has 0 saturated carbocycles. The van der Waals surface area contributed by atoms with Crippen LogP contribution in [0, 0.1) is 10.1 Å². The zero-order valence-electron chi connectivity index (χ0n) is 15.8. The molecule has 2 aromatic carbocycles. The number of benzene rings is 2. The second-order valence-corrected chi connectivity index (χ2v) is 6.54. The van der Waals surface area contributed by atoms with Crippen LogP contribution in [0.2, 0.25) is 5.02 Å². The molecule has 2 rings (SSSR count). The molecule has 0 aromatic heterocycles. The monoisotopic (exact) mass is 431 g/mol. The number of hydrogen-bond acceptors (Lipinski definition) is 8. The average Bonchev–Trinajstić information content (AvgIpc) is 2.68. The van der Waals surface area contributed by atoms with E-state index in [0.717, 1.165) is 0 Å². The lowest BCUT2D eigenvalue weighted by atomic mass is 10.2. The van der Waals surface area contributed by atoms with Crippen molar-refractivity contribution in [1.82, 2.24) is 0 Å². The van der Waals surface area contributed by atoms with Crippen molar-refractivity contribution in [3.63, 3.8) is 0 Å². The minimum Gasteiger partial charge on any atom is -0.495 e. The third-order valence-corrected chi connectivity index (χ3v) is 4.08. The van der Waals surface area contributed by atoms with E-state index in [0.29, 0.717) is 34.5 Å². The van der Waals surface area contributed by atoms with Gasteiger partial charge in [-0.2, -0.15) is 0 Å². The number of rotatable bonds is 8. The second-order valence-electron chi connectivity index (χ2n) is 4.95. The first-order valence-electron chi connectivity index (χ1n) is 7.95. The summed E-state index contributed by atoms with van der Waals surface area (Å²) in [5.41, 5.74) is 0.409. The predicted octanol–water partition coefficient (Wildman–Crippen LogP) is 5.42. The molecule has 0 amide bonds. The molecule has 9 nitrogen and oxygen atoms in total. The number of hydrogen-bond donors (Lipinski definition) is 1. The van der Waals surface area contributed by atoms with Crippen LogP contribution in [0.5, 0.6) is 17.2 Å². The number of nitrogens with one attached hydrogen (secondary N) is 1. The lowest BCUT2D eigenvalue weighted by Gasteiger charge is -2.10. The summed E-state index contributed by atoms with van der Waals surface area (Å²) < 4.78 is 29.0. The number of anilines is 1. The number of ether oxygens (including phenoxy) is 2. The first kappa shape index (κ1) is 23.6. The summed E-state index contributed by atoms with van der Waals surface area (Å²) >= 11 is 6.04. The summed E-state index contributed by atoms with van der Waals surface area (Å²) in [6.07, 6.45) is 0. The van der Waals surface area contributed by atoms with Crippen LogP contribution in [0.15, 0.2) is 36.4 Å². The fourth-order valence-corrected chi connectivity index (χ4v) is 2.39. The Kier molecular flexibility index (Phi) is 10.2. The molecule has 0 bridgehead atoms. The van der Waals surface area contributed by atoms with E-state index >= 15 is 0 Å². The Labute approximate surface area is 168 Å². The van der Waals surface area contributed by atoms with Crippen molar-refractivity contribution >= 4 is 31.2 Å². The molecule has 2 aromatic rings. The molecular formula is C17H21ClN2O7P+. The van der Waals surface area contributed by atoms with Crippen molar-refractivity contribution in [1.29, 1.82) is 0 Å². The standard InChI is InChI=1S/C15H15ClN2O4.C2H6O3P/c1-3-17-13-9-11(4-6-14(13)18(19)20)22-10-5-7-15(21-2)12(16)8-10;1-4-6(3)5-2/h4-9,17H,3H2,1-2H3;1-2H3/q;+1. The maximum Gasteiger partial charge on any atom is 0.696 e. The van der Waals surface area contributed by atoms with Crippen molar-refractivity contribution in [3.8, 4) is 17.2 Å². The van der Waals surface area contributed by atoms with Gasteiger partial charge in [-0.1, -0.05) is 11.6 Å². The molecule has 0 unspecified atom stereocenters. The summed E-state index contributed by atoms with van der Waals surface area (Å²) in [4.78, 5) is 10.5. The Morgan fingerprint density at radius 2 is 1.71 bits per heavy atom. The van der Waals surface area contributed by atoms with Crippen LogP contribution in [-0.2, 0) is 13.6 Å².